The maximum atomic E-state index is 4.47. The summed E-state index contributed by atoms with van der Waals surface area (Å²) >= 11 is 0. The van der Waals surface area contributed by atoms with Crippen molar-refractivity contribution in [2.75, 3.05) is 7.05 Å². The van der Waals surface area contributed by atoms with E-state index >= 15 is 0 Å². The van der Waals surface area contributed by atoms with Crippen molar-refractivity contribution < 1.29 is 32.7 Å². The zero-order valence-corrected chi connectivity index (χ0v) is 5.44. The predicted molar refractivity (Wildman–Crippen MR) is 13.5 cm³/mol. The first-order valence-corrected chi connectivity index (χ1v) is 0.705. The summed E-state index contributed by atoms with van der Waals surface area (Å²) in [5.41, 5.74) is 3.00. The fourth-order valence-electron chi connectivity index (χ4n) is 0. The van der Waals surface area contributed by atoms with E-state index in [1.54, 1.807) is 0 Å². The average Bonchev–Trinajstić information content (AvgIpc) is 0.918. The molecule has 0 saturated carbocycles. The van der Waals surface area contributed by atoms with Crippen LogP contribution in [0.4, 0.5) is 0 Å². The standard InChI is InChI=1S/CH5N2.Y/c1-3-2;/h2H2,1H3;/q-1;. The number of hydrogen-bond donors (Lipinski definition) is 1. The van der Waals surface area contributed by atoms with Crippen LogP contribution in [0, 0.1) is 0 Å². The van der Waals surface area contributed by atoms with Crippen LogP contribution in [-0.2, 0) is 32.7 Å². The molecule has 4 heavy (non-hydrogen) atoms. The van der Waals surface area contributed by atoms with Gasteiger partial charge in [-0.2, -0.15) is 7.05 Å². The SMILES string of the molecule is C[N-]N.[Y]. The van der Waals surface area contributed by atoms with Gasteiger partial charge in [0.2, 0.25) is 0 Å². The molecule has 0 aliphatic heterocycles. The summed E-state index contributed by atoms with van der Waals surface area (Å²) in [6.07, 6.45) is 0. The first kappa shape index (κ1) is 8.90. The van der Waals surface area contributed by atoms with E-state index in [-0.39, 0.29) is 32.7 Å². The summed E-state index contributed by atoms with van der Waals surface area (Å²) in [5, 5.41) is 0. The van der Waals surface area contributed by atoms with Crippen LogP contribution in [0.15, 0.2) is 0 Å². The average molecular weight is 134 g/mol. The molecule has 2 nitrogen and oxygen atoms in total. The third-order valence-corrected chi connectivity index (χ3v) is 0. The van der Waals surface area contributed by atoms with E-state index in [1.165, 1.54) is 7.05 Å². The molecular formula is CH5N2Y-. The van der Waals surface area contributed by atoms with E-state index in [1.807, 2.05) is 0 Å². The van der Waals surface area contributed by atoms with E-state index < -0.39 is 0 Å². The molecule has 3 heteroatoms. The Balaban J connectivity index is 0. The Kier molecular flexibility index (Phi) is 20.0. The van der Waals surface area contributed by atoms with Gasteiger partial charge in [0.25, 0.3) is 0 Å². The maximum absolute atomic E-state index is 4.47. The summed E-state index contributed by atoms with van der Waals surface area (Å²) in [4.78, 5) is 0. The molecular weight excluding hydrogens is 129 g/mol. The first-order chi connectivity index (χ1) is 1.41. The van der Waals surface area contributed by atoms with Crippen LogP contribution in [0.1, 0.15) is 0 Å². The van der Waals surface area contributed by atoms with Crippen molar-refractivity contribution in [3.63, 3.8) is 0 Å². The van der Waals surface area contributed by atoms with Crippen LogP contribution in [0.5, 0.6) is 0 Å². The minimum Gasteiger partial charge on any atom is -0.603 e. The first-order valence-electron chi connectivity index (χ1n) is 0.705. The van der Waals surface area contributed by atoms with Gasteiger partial charge in [-0.1, -0.05) is 0 Å². The molecule has 0 amide bonds. The fraction of sp³-hybridized carbons (Fsp3) is 1.00. The van der Waals surface area contributed by atoms with Gasteiger partial charge in [0, 0.05) is 32.7 Å². The molecule has 0 aliphatic carbocycles. The fourth-order valence-corrected chi connectivity index (χ4v) is 0. The van der Waals surface area contributed by atoms with Gasteiger partial charge in [-0.3, -0.25) is 0 Å². The smallest absolute Gasteiger partial charge is 0 e. The van der Waals surface area contributed by atoms with Gasteiger partial charge in [-0.05, 0) is 0 Å². The van der Waals surface area contributed by atoms with Gasteiger partial charge in [0.15, 0.2) is 0 Å². The van der Waals surface area contributed by atoms with Crippen molar-refractivity contribution >= 4 is 0 Å². The summed E-state index contributed by atoms with van der Waals surface area (Å²) in [6.45, 7) is 0. The molecule has 0 aliphatic rings. The van der Waals surface area contributed by atoms with Crippen molar-refractivity contribution in [2.45, 2.75) is 0 Å². The van der Waals surface area contributed by atoms with Crippen molar-refractivity contribution in [2.24, 2.45) is 5.84 Å². The second-order valence-electron chi connectivity index (χ2n) is 0.258. The normalized spacial score (nSPS) is 4.50. The van der Waals surface area contributed by atoms with E-state index in [0.717, 1.165) is 0 Å². The molecule has 0 bridgehead atoms. The molecule has 0 rings (SSSR count). The third kappa shape index (κ3) is 11.8. The van der Waals surface area contributed by atoms with Crippen LogP contribution in [0.25, 0.3) is 5.43 Å². The summed E-state index contributed by atoms with van der Waals surface area (Å²) in [6, 6.07) is 0. The molecule has 23 valence electrons. The molecule has 1 radical (unpaired) electrons. The maximum Gasteiger partial charge on any atom is 0 e. The minimum atomic E-state index is 0. The molecule has 2 N–H and O–H groups in total. The molecule has 0 unspecified atom stereocenters. The largest absolute Gasteiger partial charge is 0.603 e. The summed E-state index contributed by atoms with van der Waals surface area (Å²) in [7, 11) is 1.53. The number of nitrogens with two attached hydrogens (primary N) is 1. The Bertz CT molecular complexity index is 6.00. The Morgan fingerprint density at radius 2 is 1.75 bits per heavy atom. The molecule has 0 aromatic carbocycles. The van der Waals surface area contributed by atoms with Gasteiger partial charge in [0.1, 0.15) is 0 Å². The van der Waals surface area contributed by atoms with Crippen LogP contribution < -0.4 is 5.84 Å². The zero-order valence-electron chi connectivity index (χ0n) is 2.60. The number of hydrogen-bond acceptors (Lipinski definition) is 1. The number of nitrogens with zero attached hydrogens (tertiary/aromatic N) is 1. The second kappa shape index (κ2) is 8.98. The summed E-state index contributed by atoms with van der Waals surface area (Å²) < 4.78 is 0. The molecule has 0 atom stereocenters. The van der Waals surface area contributed by atoms with Crippen LogP contribution in [0.3, 0.4) is 0 Å². The van der Waals surface area contributed by atoms with Gasteiger partial charge in [-0.15, -0.1) is 0 Å². The van der Waals surface area contributed by atoms with Crippen molar-refractivity contribution in [1.29, 1.82) is 0 Å². The van der Waals surface area contributed by atoms with Gasteiger partial charge < -0.3 is 11.3 Å². The Hall–Kier alpha value is 1.02. The van der Waals surface area contributed by atoms with Crippen LogP contribution in [0.2, 0.25) is 0 Å². The topological polar surface area (TPSA) is 40.1 Å². The molecule has 0 aromatic rings. The van der Waals surface area contributed by atoms with E-state index in [2.05, 4.69) is 11.3 Å². The van der Waals surface area contributed by atoms with E-state index in [4.69, 9.17) is 0 Å². The quantitative estimate of drug-likeness (QED) is 0.363. The second-order valence-corrected chi connectivity index (χ2v) is 0.258. The summed E-state index contributed by atoms with van der Waals surface area (Å²) in [5.74, 6) is 4.47. The van der Waals surface area contributed by atoms with Crippen molar-refractivity contribution in [3.05, 3.63) is 5.43 Å². The predicted octanol–water partition coefficient (Wildman–Crippen LogP) is -0.139. The van der Waals surface area contributed by atoms with Crippen LogP contribution >= 0.6 is 0 Å². The molecule has 0 heterocycles. The van der Waals surface area contributed by atoms with Gasteiger partial charge in [-0.25, -0.2) is 0 Å². The molecule has 0 spiro atoms. The van der Waals surface area contributed by atoms with Crippen LogP contribution in [-0.4, -0.2) is 7.05 Å². The Morgan fingerprint density at radius 1 is 1.75 bits per heavy atom. The minimum absolute atomic E-state index is 0. The van der Waals surface area contributed by atoms with Crippen molar-refractivity contribution in [3.8, 4) is 0 Å². The number of rotatable bonds is 0. The van der Waals surface area contributed by atoms with Crippen molar-refractivity contribution in [1.82, 2.24) is 0 Å². The molecule has 0 saturated heterocycles. The van der Waals surface area contributed by atoms with E-state index in [9.17, 15) is 0 Å². The Labute approximate surface area is 51.0 Å². The van der Waals surface area contributed by atoms with E-state index in [0.29, 0.717) is 0 Å². The van der Waals surface area contributed by atoms with Gasteiger partial charge >= 0.3 is 0 Å². The zero-order chi connectivity index (χ0) is 2.71. The molecule has 0 aromatic heterocycles. The monoisotopic (exact) mass is 134 g/mol. The molecule has 0 fully saturated rings. The Morgan fingerprint density at radius 3 is 1.75 bits per heavy atom. The van der Waals surface area contributed by atoms with Gasteiger partial charge in [0.05, 0.1) is 0 Å². The third-order valence-electron chi connectivity index (χ3n) is 0.